The van der Waals surface area contributed by atoms with Crippen LogP contribution in [0.4, 0.5) is 5.82 Å². The Morgan fingerprint density at radius 3 is 2.60 bits per heavy atom. The van der Waals surface area contributed by atoms with Gasteiger partial charge in [-0.05, 0) is 30.4 Å². The maximum atomic E-state index is 11.6. The number of hydrogen-bond acceptors (Lipinski definition) is 3. The predicted octanol–water partition coefficient (Wildman–Crippen LogP) is 2.82. The summed E-state index contributed by atoms with van der Waals surface area (Å²) in [6.07, 6.45) is 3.31. The Morgan fingerprint density at radius 1 is 1.25 bits per heavy atom. The molecule has 4 heteroatoms. The molecule has 3 rings (SSSR count). The number of aromatic amines is 1. The van der Waals surface area contributed by atoms with E-state index in [9.17, 15) is 4.79 Å². The van der Waals surface area contributed by atoms with Gasteiger partial charge in [0, 0.05) is 18.5 Å². The maximum Gasteiger partial charge on any atom is 0.252 e. The minimum atomic E-state index is -0.0780. The Kier molecular flexibility index (Phi) is 3.54. The molecule has 1 aliphatic rings. The molecule has 0 atom stereocenters. The summed E-state index contributed by atoms with van der Waals surface area (Å²) < 4.78 is 0. The van der Waals surface area contributed by atoms with Gasteiger partial charge in [0.1, 0.15) is 11.6 Å². The zero-order valence-corrected chi connectivity index (χ0v) is 11.6. The Hall–Kier alpha value is -2.10. The van der Waals surface area contributed by atoms with Crippen LogP contribution in [0.1, 0.15) is 42.6 Å². The van der Waals surface area contributed by atoms with Crippen molar-refractivity contribution in [1.82, 2.24) is 9.97 Å². The van der Waals surface area contributed by atoms with E-state index in [1.54, 1.807) is 0 Å². The minimum Gasteiger partial charge on any atom is -0.366 e. The van der Waals surface area contributed by atoms with Crippen LogP contribution in [0.5, 0.6) is 0 Å². The topological polar surface area (TPSA) is 57.8 Å². The molecule has 0 amide bonds. The zero-order valence-electron chi connectivity index (χ0n) is 11.6. The molecule has 1 fully saturated rings. The number of hydrogen-bond donors (Lipinski definition) is 2. The highest BCUT2D eigenvalue weighted by atomic mass is 16.1. The predicted molar refractivity (Wildman–Crippen MR) is 80.0 cm³/mol. The number of benzene rings is 1. The summed E-state index contributed by atoms with van der Waals surface area (Å²) in [5.74, 6) is 1.94. The molecule has 0 saturated heterocycles. The summed E-state index contributed by atoms with van der Waals surface area (Å²) in [6.45, 7) is 2.83. The van der Waals surface area contributed by atoms with E-state index in [1.165, 1.54) is 17.2 Å². The Morgan fingerprint density at radius 2 is 1.95 bits per heavy atom. The van der Waals surface area contributed by atoms with Crippen LogP contribution >= 0.6 is 0 Å². The first-order chi connectivity index (χ1) is 9.74. The second-order valence-electron chi connectivity index (χ2n) is 5.31. The van der Waals surface area contributed by atoms with Gasteiger partial charge in [-0.1, -0.05) is 31.2 Å². The van der Waals surface area contributed by atoms with Gasteiger partial charge in [0.15, 0.2) is 0 Å². The van der Waals surface area contributed by atoms with Gasteiger partial charge in [-0.3, -0.25) is 4.79 Å². The molecule has 0 radical (unpaired) electrons. The van der Waals surface area contributed by atoms with Gasteiger partial charge >= 0.3 is 0 Å². The fourth-order valence-electron chi connectivity index (χ4n) is 2.20. The van der Waals surface area contributed by atoms with Crippen molar-refractivity contribution in [3.05, 3.63) is 57.6 Å². The summed E-state index contributed by atoms with van der Waals surface area (Å²) in [7, 11) is 0. The van der Waals surface area contributed by atoms with Crippen molar-refractivity contribution in [3.63, 3.8) is 0 Å². The van der Waals surface area contributed by atoms with Gasteiger partial charge in [0.05, 0.1) is 0 Å². The standard InChI is InChI=1S/C16H19N3O/c1-2-11-3-5-12(6-4-11)10-17-14-9-15(20)19-16(18-14)13-7-8-13/h3-6,9,13H,2,7-8,10H2,1H3,(H2,17,18,19,20). The molecule has 0 spiro atoms. The van der Waals surface area contributed by atoms with Crippen LogP contribution in [-0.4, -0.2) is 9.97 Å². The summed E-state index contributed by atoms with van der Waals surface area (Å²) in [4.78, 5) is 18.9. The molecule has 4 nitrogen and oxygen atoms in total. The third-order valence-corrected chi connectivity index (χ3v) is 3.63. The average molecular weight is 269 g/mol. The first-order valence-electron chi connectivity index (χ1n) is 7.17. The van der Waals surface area contributed by atoms with E-state index < -0.39 is 0 Å². The third kappa shape index (κ3) is 3.07. The quantitative estimate of drug-likeness (QED) is 0.877. The van der Waals surface area contributed by atoms with Crippen LogP contribution in [0, 0.1) is 0 Å². The molecule has 0 unspecified atom stereocenters. The second-order valence-corrected chi connectivity index (χ2v) is 5.31. The first kappa shape index (κ1) is 12.9. The first-order valence-corrected chi connectivity index (χ1v) is 7.17. The number of H-pyrrole nitrogens is 1. The van der Waals surface area contributed by atoms with Gasteiger partial charge in [-0.2, -0.15) is 0 Å². The summed E-state index contributed by atoms with van der Waals surface area (Å²) in [5, 5.41) is 3.23. The van der Waals surface area contributed by atoms with Crippen molar-refractivity contribution in [2.75, 3.05) is 5.32 Å². The Bertz CT molecular complexity index is 642. The number of nitrogens with zero attached hydrogens (tertiary/aromatic N) is 1. The van der Waals surface area contributed by atoms with E-state index in [4.69, 9.17) is 0 Å². The lowest BCUT2D eigenvalue weighted by Gasteiger charge is -2.07. The number of anilines is 1. The van der Waals surface area contributed by atoms with E-state index in [1.807, 2.05) is 0 Å². The average Bonchev–Trinajstić information content (AvgIpc) is 3.30. The van der Waals surface area contributed by atoms with Gasteiger partial charge < -0.3 is 10.3 Å². The summed E-state index contributed by atoms with van der Waals surface area (Å²) >= 11 is 0. The van der Waals surface area contributed by atoms with Crippen molar-refractivity contribution in [2.45, 2.75) is 38.6 Å². The van der Waals surface area contributed by atoms with Crippen LogP contribution in [0.3, 0.4) is 0 Å². The summed E-state index contributed by atoms with van der Waals surface area (Å²) in [5.41, 5.74) is 2.45. The molecule has 0 bridgehead atoms. The molecule has 1 aliphatic carbocycles. The Balaban J connectivity index is 1.69. The van der Waals surface area contributed by atoms with E-state index in [-0.39, 0.29) is 5.56 Å². The summed E-state index contributed by atoms with van der Waals surface area (Å²) in [6, 6.07) is 10.0. The smallest absolute Gasteiger partial charge is 0.252 e. The molecule has 2 N–H and O–H groups in total. The van der Waals surface area contributed by atoms with Crippen LogP contribution in [0.15, 0.2) is 35.1 Å². The molecule has 1 heterocycles. The van der Waals surface area contributed by atoms with Crippen LogP contribution in [0.2, 0.25) is 0 Å². The van der Waals surface area contributed by atoms with Crippen LogP contribution in [0.25, 0.3) is 0 Å². The van der Waals surface area contributed by atoms with Crippen LogP contribution in [-0.2, 0) is 13.0 Å². The fraction of sp³-hybridized carbons (Fsp3) is 0.375. The van der Waals surface area contributed by atoms with Crippen molar-refractivity contribution in [1.29, 1.82) is 0 Å². The van der Waals surface area contributed by atoms with Crippen molar-refractivity contribution < 1.29 is 0 Å². The number of aromatic nitrogens is 2. The Labute approximate surface area is 118 Å². The number of rotatable bonds is 5. The van der Waals surface area contributed by atoms with Crippen LogP contribution < -0.4 is 10.9 Å². The zero-order chi connectivity index (χ0) is 13.9. The minimum absolute atomic E-state index is 0.0780. The third-order valence-electron chi connectivity index (χ3n) is 3.63. The van der Waals surface area contributed by atoms with E-state index >= 15 is 0 Å². The van der Waals surface area contributed by atoms with Gasteiger partial charge in [-0.25, -0.2) is 4.98 Å². The van der Waals surface area contributed by atoms with Gasteiger partial charge in [0.2, 0.25) is 0 Å². The fourth-order valence-corrected chi connectivity index (χ4v) is 2.20. The van der Waals surface area contributed by atoms with Gasteiger partial charge in [0.25, 0.3) is 5.56 Å². The number of aryl methyl sites for hydroxylation is 1. The second kappa shape index (κ2) is 5.49. The molecule has 20 heavy (non-hydrogen) atoms. The highest BCUT2D eigenvalue weighted by Crippen LogP contribution is 2.37. The molecule has 1 saturated carbocycles. The van der Waals surface area contributed by atoms with Crippen molar-refractivity contribution >= 4 is 5.82 Å². The monoisotopic (exact) mass is 269 g/mol. The van der Waals surface area contributed by atoms with E-state index in [0.29, 0.717) is 18.3 Å². The molecule has 0 aliphatic heterocycles. The van der Waals surface area contributed by atoms with E-state index in [0.717, 1.165) is 25.1 Å². The lowest BCUT2D eigenvalue weighted by atomic mass is 10.1. The molecule has 1 aromatic heterocycles. The lowest BCUT2D eigenvalue weighted by molar-refractivity contribution is 0.903. The molecule has 1 aromatic carbocycles. The van der Waals surface area contributed by atoms with Crippen molar-refractivity contribution in [3.8, 4) is 0 Å². The van der Waals surface area contributed by atoms with Gasteiger partial charge in [-0.15, -0.1) is 0 Å². The molecule has 104 valence electrons. The SMILES string of the molecule is CCc1ccc(CNc2cc(=O)[nH]c(C3CC3)n2)cc1. The highest BCUT2D eigenvalue weighted by Gasteiger charge is 2.26. The largest absolute Gasteiger partial charge is 0.366 e. The van der Waals surface area contributed by atoms with Crippen molar-refractivity contribution in [2.24, 2.45) is 0 Å². The molecular formula is C16H19N3O. The maximum absolute atomic E-state index is 11.6. The lowest BCUT2D eigenvalue weighted by Crippen LogP contribution is -2.13. The molecule has 2 aromatic rings. The molecular weight excluding hydrogens is 250 g/mol. The highest BCUT2D eigenvalue weighted by molar-refractivity contribution is 5.36. The van der Waals surface area contributed by atoms with E-state index in [2.05, 4.69) is 46.5 Å². The number of nitrogens with one attached hydrogen (secondary N) is 2. The normalized spacial score (nSPS) is 14.2.